The molecule has 0 spiro atoms. The van der Waals surface area contributed by atoms with Crippen molar-refractivity contribution in [1.29, 1.82) is 0 Å². The first-order valence-corrected chi connectivity index (χ1v) is 14.7. The van der Waals surface area contributed by atoms with E-state index in [4.69, 9.17) is 27.9 Å². The summed E-state index contributed by atoms with van der Waals surface area (Å²) in [4.78, 5) is 27.6. The normalized spacial score (nSPS) is 12.2. The van der Waals surface area contributed by atoms with Crippen LogP contribution in [0.2, 0.25) is 10.0 Å². The summed E-state index contributed by atoms with van der Waals surface area (Å²) in [5.74, 6) is -0.195. The maximum Gasteiger partial charge on any atom is 0.242 e. The summed E-state index contributed by atoms with van der Waals surface area (Å²) in [6.07, 6.45) is 1.34. The molecule has 8 nitrogen and oxygen atoms in total. The summed E-state index contributed by atoms with van der Waals surface area (Å²) in [5, 5.41) is 3.60. The van der Waals surface area contributed by atoms with Gasteiger partial charge in [-0.2, -0.15) is 0 Å². The molecule has 0 fully saturated rings. The summed E-state index contributed by atoms with van der Waals surface area (Å²) in [5.41, 5.74) is 0.940. The third kappa shape index (κ3) is 8.79. The van der Waals surface area contributed by atoms with Gasteiger partial charge in [0, 0.05) is 41.2 Å². The first-order valence-electron chi connectivity index (χ1n) is 12.1. The molecular formula is C26H35Cl2N3O5S. The Morgan fingerprint density at radius 3 is 2.22 bits per heavy atom. The highest BCUT2D eigenvalue weighted by Crippen LogP contribution is 2.31. The third-order valence-electron chi connectivity index (χ3n) is 5.57. The number of nitrogens with zero attached hydrogens (tertiary/aromatic N) is 2. The van der Waals surface area contributed by atoms with Crippen LogP contribution < -0.4 is 14.4 Å². The summed E-state index contributed by atoms with van der Waals surface area (Å²) in [7, 11) is -3.65. The Labute approximate surface area is 229 Å². The molecule has 2 amide bonds. The van der Waals surface area contributed by atoms with E-state index < -0.39 is 16.1 Å². The van der Waals surface area contributed by atoms with Crippen molar-refractivity contribution in [2.75, 3.05) is 23.7 Å². The van der Waals surface area contributed by atoms with Gasteiger partial charge in [0.1, 0.15) is 11.8 Å². The third-order valence-corrected chi connectivity index (χ3v) is 7.46. The number of benzene rings is 2. The fraction of sp³-hybridized carbons (Fsp3) is 0.462. The van der Waals surface area contributed by atoms with E-state index >= 15 is 0 Å². The minimum Gasteiger partial charge on any atom is -0.492 e. The standard InChI is InChI=1S/C26H35Cl2N3O5S/c1-6-36-24-14-8-7-13-23(24)31(37(5,34)35)16-10-15-25(32)30(19(4)26(33)29-18(2)3)17-20-21(27)11-9-12-22(20)28/h7-9,11-14,18-19H,6,10,15-17H2,1-5H3,(H,29,33)/t19-/m1/s1. The molecule has 0 aromatic heterocycles. The van der Waals surface area contributed by atoms with Crippen LogP contribution in [-0.4, -0.2) is 56.6 Å². The van der Waals surface area contributed by atoms with Crippen LogP contribution in [0.5, 0.6) is 5.75 Å². The monoisotopic (exact) mass is 571 g/mol. The zero-order chi connectivity index (χ0) is 27.8. The van der Waals surface area contributed by atoms with E-state index in [1.165, 1.54) is 9.21 Å². The Morgan fingerprint density at radius 1 is 1.03 bits per heavy atom. The Balaban J connectivity index is 2.26. The first kappa shape index (κ1) is 30.7. The van der Waals surface area contributed by atoms with Gasteiger partial charge in [-0.25, -0.2) is 8.42 Å². The number of anilines is 1. The average Bonchev–Trinajstić information content (AvgIpc) is 2.81. The largest absolute Gasteiger partial charge is 0.492 e. The molecule has 0 aliphatic heterocycles. The van der Waals surface area contributed by atoms with Crippen molar-refractivity contribution in [3.05, 3.63) is 58.1 Å². The summed E-state index contributed by atoms with van der Waals surface area (Å²) in [6.45, 7) is 7.60. The van der Waals surface area contributed by atoms with Gasteiger partial charge in [-0.05, 0) is 58.4 Å². The van der Waals surface area contributed by atoms with Crippen LogP contribution in [0.3, 0.4) is 0 Å². The highest BCUT2D eigenvalue weighted by molar-refractivity contribution is 7.92. The van der Waals surface area contributed by atoms with Crippen molar-refractivity contribution in [1.82, 2.24) is 10.2 Å². The maximum absolute atomic E-state index is 13.4. The molecule has 0 saturated heterocycles. The van der Waals surface area contributed by atoms with E-state index in [1.807, 2.05) is 20.8 Å². The maximum atomic E-state index is 13.4. The number of hydrogen-bond donors (Lipinski definition) is 1. The molecule has 37 heavy (non-hydrogen) atoms. The second kappa shape index (κ2) is 13.9. The van der Waals surface area contributed by atoms with E-state index in [9.17, 15) is 18.0 Å². The SMILES string of the molecule is CCOc1ccccc1N(CCCC(=O)N(Cc1c(Cl)cccc1Cl)[C@H](C)C(=O)NC(C)C)S(C)(=O)=O. The quantitative estimate of drug-likeness (QED) is 0.369. The molecule has 0 aliphatic rings. The van der Waals surface area contributed by atoms with E-state index in [0.29, 0.717) is 33.7 Å². The van der Waals surface area contributed by atoms with Crippen molar-refractivity contribution >= 4 is 50.7 Å². The van der Waals surface area contributed by atoms with Gasteiger partial charge in [0.25, 0.3) is 0 Å². The van der Waals surface area contributed by atoms with E-state index in [0.717, 1.165) is 6.26 Å². The highest BCUT2D eigenvalue weighted by atomic mass is 35.5. The Bertz CT molecular complexity index is 1170. The molecule has 2 rings (SSSR count). The number of carbonyl (C=O) groups excluding carboxylic acids is 2. The van der Waals surface area contributed by atoms with Gasteiger partial charge < -0.3 is 15.0 Å². The Kier molecular flexibility index (Phi) is 11.5. The summed E-state index contributed by atoms with van der Waals surface area (Å²) < 4.78 is 32.1. The molecule has 1 atom stereocenters. The van der Waals surface area contributed by atoms with E-state index in [-0.39, 0.29) is 43.8 Å². The van der Waals surface area contributed by atoms with Gasteiger partial charge in [-0.1, -0.05) is 41.4 Å². The van der Waals surface area contributed by atoms with Crippen molar-refractivity contribution in [3.63, 3.8) is 0 Å². The van der Waals surface area contributed by atoms with Crippen LogP contribution in [0.4, 0.5) is 5.69 Å². The second-order valence-corrected chi connectivity index (χ2v) is 11.6. The number of sulfonamides is 1. The van der Waals surface area contributed by atoms with Crippen LogP contribution in [0.15, 0.2) is 42.5 Å². The van der Waals surface area contributed by atoms with Gasteiger partial charge in [0.05, 0.1) is 18.6 Å². The number of carbonyl (C=O) groups is 2. The molecule has 1 N–H and O–H groups in total. The Morgan fingerprint density at radius 2 is 1.65 bits per heavy atom. The summed E-state index contributed by atoms with van der Waals surface area (Å²) >= 11 is 12.7. The number of para-hydroxylation sites is 2. The molecule has 204 valence electrons. The van der Waals surface area contributed by atoms with Crippen LogP contribution in [0.25, 0.3) is 0 Å². The molecule has 0 unspecified atom stereocenters. The molecule has 0 heterocycles. The number of amides is 2. The molecule has 0 radical (unpaired) electrons. The Hall–Kier alpha value is -2.49. The molecule has 2 aromatic carbocycles. The van der Waals surface area contributed by atoms with Crippen molar-refractivity contribution < 1.29 is 22.7 Å². The number of nitrogens with one attached hydrogen (secondary N) is 1. The molecular weight excluding hydrogens is 537 g/mol. The molecule has 11 heteroatoms. The van der Waals surface area contributed by atoms with Crippen molar-refractivity contribution in [2.45, 2.75) is 59.2 Å². The summed E-state index contributed by atoms with van der Waals surface area (Å²) in [6, 6.07) is 11.0. The van der Waals surface area contributed by atoms with Crippen LogP contribution in [-0.2, 0) is 26.2 Å². The lowest BCUT2D eigenvalue weighted by Crippen LogP contribution is -2.49. The van der Waals surface area contributed by atoms with Gasteiger partial charge in [0.15, 0.2) is 0 Å². The fourth-order valence-corrected chi connectivity index (χ4v) is 5.25. The van der Waals surface area contributed by atoms with Crippen LogP contribution in [0, 0.1) is 0 Å². The van der Waals surface area contributed by atoms with Gasteiger partial charge in [0.2, 0.25) is 21.8 Å². The number of hydrogen-bond acceptors (Lipinski definition) is 5. The lowest BCUT2D eigenvalue weighted by atomic mass is 10.1. The van der Waals surface area contributed by atoms with E-state index in [1.54, 1.807) is 49.4 Å². The second-order valence-electron chi connectivity index (χ2n) is 8.90. The lowest BCUT2D eigenvalue weighted by molar-refractivity contribution is -0.140. The smallest absolute Gasteiger partial charge is 0.242 e. The first-order chi connectivity index (χ1) is 17.4. The number of rotatable bonds is 13. The minimum absolute atomic E-state index is 0.00416. The van der Waals surface area contributed by atoms with Gasteiger partial charge in [-0.15, -0.1) is 0 Å². The predicted molar refractivity (Wildman–Crippen MR) is 149 cm³/mol. The van der Waals surface area contributed by atoms with Crippen LogP contribution in [0.1, 0.15) is 46.1 Å². The highest BCUT2D eigenvalue weighted by Gasteiger charge is 2.28. The topological polar surface area (TPSA) is 96.0 Å². The molecule has 0 bridgehead atoms. The minimum atomic E-state index is -3.65. The fourth-order valence-electron chi connectivity index (χ4n) is 3.76. The van der Waals surface area contributed by atoms with E-state index in [2.05, 4.69) is 5.32 Å². The number of halogens is 2. The predicted octanol–water partition coefficient (Wildman–Crippen LogP) is 4.88. The van der Waals surface area contributed by atoms with Gasteiger partial charge >= 0.3 is 0 Å². The van der Waals surface area contributed by atoms with Crippen LogP contribution >= 0.6 is 23.2 Å². The van der Waals surface area contributed by atoms with Gasteiger partial charge in [-0.3, -0.25) is 13.9 Å². The zero-order valence-electron chi connectivity index (χ0n) is 21.8. The van der Waals surface area contributed by atoms with Crippen molar-refractivity contribution in [2.24, 2.45) is 0 Å². The van der Waals surface area contributed by atoms with Crippen molar-refractivity contribution in [3.8, 4) is 5.75 Å². The average molecular weight is 573 g/mol. The number of ether oxygens (including phenoxy) is 1. The lowest BCUT2D eigenvalue weighted by Gasteiger charge is -2.30. The molecule has 0 aliphatic carbocycles. The zero-order valence-corrected chi connectivity index (χ0v) is 24.2. The molecule has 0 saturated carbocycles. The molecule has 2 aromatic rings.